The van der Waals surface area contributed by atoms with E-state index in [-0.39, 0.29) is 18.0 Å². The number of aryl methyl sites for hydroxylation is 3. The summed E-state index contributed by atoms with van der Waals surface area (Å²) >= 11 is 0. The summed E-state index contributed by atoms with van der Waals surface area (Å²) in [6, 6.07) is 6.85. The highest BCUT2D eigenvalue weighted by molar-refractivity contribution is 5.94. The smallest absolute Gasteiger partial charge is 0.319 e. The van der Waals surface area contributed by atoms with Gasteiger partial charge in [0.05, 0.1) is 6.04 Å². The van der Waals surface area contributed by atoms with Gasteiger partial charge in [0.25, 0.3) is 0 Å². The number of furan rings is 1. The zero-order chi connectivity index (χ0) is 18.6. The predicted octanol–water partition coefficient (Wildman–Crippen LogP) is 4.44. The highest BCUT2D eigenvalue weighted by Crippen LogP contribution is 2.23. The molecule has 0 aliphatic rings. The maximum absolute atomic E-state index is 12.3. The molecule has 1 aromatic heterocycles. The maximum Gasteiger partial charge on any atom is 0.319 e. The van der Waals surface area contributed by atoms with Crippen LogP contribution < -0.4 is 16.0 Å². The number of hydrogen-bond donors (Lipinski definition) is 3. The Bertz CT molecular complexity index is 780. The Balaban J connectivity index is 2.05. The van der Waals surface area contributed by atoms with E-state index in [1.54, 1.807) is 13.0 Å². The van der Waals surface area contributed by atoms with Crippen LogP contribution in [0.3, 0.4) is 0 Å². The average molecular weight is 343 g/mol. The van der Waals surface area contributed by atoms with E-state index in [1.807, 2.05) is 45.9 Å². The van der Waals surface area contributed by atoms with Crippen molar-refractivity contribution in [1.29, 1.82) is 0 Å². The van der Waals surface area contributed by atoms with Crippen LogP contribution in [0.5, 0.6) is 0 Å². The van der Waals surface area contributed by atoms with Gasteiger partial charge in [-0.25, -0.2) is 4.79 Å². The Morgan fingerprint density at radius 1 is 1.12 bits per heavy atom. The molecule has 25 heavy (non-hydrogen) atoms. The molecule has 134 valence electrons. The number of nitrogens with one attached hydrogen (secondary N) is 3. The number of rotatable bonds is 5. The molecule has 0 saturated carbocycles. The highest BCUT2D eigenvalue weighted by atomic mass is 16.3. The molecule has 0 fully saturated rings. The SMILES string of the molecule is CCC(=O)Nc1ccc(C)c(NC(=O)NC(C)c2cc(C)oc2C)c1. The van der Waals surface area contributed by atoms with E-state index >= 15 is 0 Å². The molecule has 1 aromatic carbocycles. The van der Waals surface area contributed by atoms with Gasteiger partial charge in [0.15, 0.2) is 0 Å². The molecule has 3 N–H and O–H groups in total. The summed E-state index contributed by atoms with van der Waals surface area (Å²) in [5.74, 6) is 1.54. The van der Waals surface area contributed by atoms with Gasteiger partial charge in [-0.05, 0) is 51.5 Å². The van der Waals surface area contributed by atoms with E-state index < -0.39 is 0 Å². The van der Waals surface area contributed by atoms with Crippen molar-refractivity contribution in [2.75, 3.05) is 10.6 Å². The number of amides is 3. The topological polar surface area (TPSA) is 83.4 Å². The van der Waals surface area contributed by atoms with Crippen molar-refractivity contribution in [3.63, 3.8) is 0 Å². The third-order valence-corrected chi connectivity index (χ3v) is 3.98. The van der Waals surface area contributed by atoms with Crippen LogP contribution in [-0.2, 0) is 4.79 Å². The van der Waals surface area contributed by atoms with Gasteiger partial charge in [-0.3, -0.25) is 4.79 Å². The number of benzene rings is 1. The van der Waals surface area contributed by atoms with Crippen molar-refractivity contribution in [1.82, 2.24) is 5.32 Å². The van der Waals surface area contributed by atoms with Crippen LogP contribution in [0.15, 0.2) is 28.7 Å². The monoisotopic (exact) mass is 343 g/mol. The predicted molar refractivity (Wildman–Crippen MR) is 98.9 cm³/mol. The number of urea groups is 1. The standard InChI is InChI=1S/C19H25N3O3/c1-6-18(23)21-15-8-7-11(2)17(10-15)22-19(24)20-13(4)16-9-12(3)25-14(16)5/h7-10,13H,6H2,1-5H3,(H,21,23)(H2,20,22,24). The first-order valence-corrected chi connectivity index (χ1v) is 8.35. The third kappa shape index (κ3) is 4.86. The number of carbonyl (C=O) groups is 2. The van der Waals surface area contributed by atoms with Crippen LogP contribution in [0.2, 0.25) is 0 Å². The van der Waals surface area contributed by atoms with Crippen molar-refractivity contribution in [2.24, 2.45) is 0 Å². The fraction of sp³-hybridized carbons (Fsp3) is 0.368. The number of hydrogen-bond acceptors (Lipinski definition) is 3. The third-order valence-electron chi connectivity index (χ3n) is 3.98. The number of carbonyl (C=O) groups excluding carboxylic acids is 2. The first-order valence-electron chi connectivity index (χ1n) is 8.35. The van der Waals surface area contributed by atoms with E-state index in [9.17, 15) is 9.59 Å². The van der Waals surface area contributed by atoms with Crippen LogP contribution >= 0.6 is 0 Å². The lowest BCUT2D eigenvalue weighted by atomic mass is 10.1. The molecular weight excluding hydrogens is 318 g/mol. The minimum Gasteiger partial charge on any atom is -0.466 e. The lowest BCUT2D eigenvalue weighted by Gasteiger charge is -2.16. The van der Waals surface area contributed by atoms with Gasteiger partial charge in [0.1, 0.15) is 11.5 Å². The van der Waals surface area contributed by atoms with Crippen molar-refractivity contribution >= 4 is 23.3 Å². The molecule has 6 heteroatoms. The second kappa shape index (κ2) is 7.88. The summed E-state index contributed by atoms with van der Waals surface area (Å²) in [6.07, 6.45) is 0.401. The zero-order valence-electron chi connectivity index (χ0n) is 15.3. The van der Waals surface area contributed by atoms with Crippen LogP contribution in [-0.4, -0.2) is 11.9 Å². The minimum atomic E-state index is -0.312. The Labute approximate surface area is 148 Å². The summed E-state index contributed by atoms with van der Waals surface area (Å²) in [5, 5.41) is 8.52. The quantitative estimate of drug-likeness (QED) is 0.750. The molecule has 0 radical (unpaired) electrons. The summed E-state index contributed by atoms with van der Waals surface area (Å²) in [4.78, 5) is 23.8. The van der Waals surface area contributed by atoms with Crippen molar-refractivity contribution < 1.29 is 14.0 Å². The Morgan fingerprint density at radius 2 is 1.84 bits per heavy atom. The van der Waals surface area contributed by atoms with Gasteiger partial charge < -0.3 is 20.4 Å². The summed E-state index contributed by atoms with van der Waals surface area (Å²) in [7, 11) is 0. The summed E-state index contributed by atoms with van der Waals surface area (Å²) in [5.41, 5.74) is 3.17. The molecule has 1 heterocycles. The van der Waals surface area contributed by atoms with Crippen LogP contribution in [0.25, 0.3) is 0 Å². The molecule has 0 aliphatic heterocycles. The van der Waals surface area contributed by atoms with Gasteiger partial charge in [-0.1, -0.05) is 13.0 Å². The molecule has 0 spiro atoms. The summed E-state index contributed by atoms with van der Waals surface area (Å²) < 4.78 is 5.51. The molecule has 2 aromatic rings. The van der Waals surface area contributed by atoms with Crippen LogP contribution in [0.1, 0.15) is 49.0 Å². The molecular formula is C19H25N3O3. The largest absolute Gasteiger partial charge is 0.466 e. The Kier molecular flexibility index (Phi) is 5.85. The fourth-order valence-corrected chi connectivity index (χ4v) is 2.60. The molecule has 6 nitrogen and oxygen atoms in total. The van der Waals surface area contributed by atoms with Gasteiger partial charge >= 0.3 is 6.03 Å². The van der Waals surface area contributed by atoms with Gasteiger partial charge in [0.2, 0.25) is 5.91 Å². The second-order valence-corrected chi connectivity index (χ2v) is 6.12. The summed E-state index contributed by atoms with van der Waals surface area (Å²) in [6.45, 7) is 9.35. The molecule has 0 bridgehead atoms. The average Bonchev–Trinajstić information content (AvgIpc) is 2.89. The highest BCUT2D eigenvalue weighted by Gasteiger charge is 2.15. The number of anilines is 2. The van der Waals surface area contributed by atoms with Crippen molar-refractivity contribution in [2.45, 2.75) is 47.1 Å². The van der Waals surface area contributed by atoms with Gasteiger partial charge in [0, 0.05) is 23.4 Å². The van der Waals surface area contributed by atoms with Crippen LogP contribution in [0, 0.1) is 20.8 Å². The normalized spacial score (nSPS) is 11.7. The zero-order valence-corrected chi connectivity index (χ0v) is 15.3. The van der Waals surface area contributed by atoms with Crippen LogP contribution in [0.4, 0.5) is 16.2 Å². The van der Waals surface area contributed by atoms with Gasteiger partial charge in [-0.2, -0.15) is 0 Å². The minimum absolute atomic E-state index is 0.0707. The first-order chi connectivity index (χ1) is 11.8. The lowest BCUT2D eigenvalue weighted by molar-refractivity contribution is -0.115. The lowest BCUT2D eigenvalue weighted by Crippen LogP contribution is -2.31. The Morgan fingerprint density at radius 3 is 2.44 bits per heavy atom. The van der Waals surface area contributed by atoms with Gasteiger partial charge in [-0.15, -0.1) is 0 Å². The molecule has 0 aliphatic carbocycles. The second-order valence-electron chi connectivity index (χ2n) is 6.12. The molecule has 2 rings (SSSR count). The maximum atomic E-state index is 12.3. The first kappa shape index (κ1) is 18.6. The Hall–Kier alpha value is -2.76. The van der Waals surface area contributed by atoms with E-state index in [0.29, 0.717) is 17.8 Å². The molecule has 0 saturated heterocycles. The van der Waals surface area contributed by atoms with E-state index in [4.69, 9.17) is 4.42 Å². The van der Waals surface area contributed by atoms with Crippen molar-refractivity contribution in [3.8, 4) is 0 Å². The van der Waals surface area contributed by atoms with Crippen molar-refractivity contribution in [3.05, 3.63) is 46.9 Å². The van der Waals surface area contributed by atoms with E-state index in [1.165, 1.54) is 0 Å². The molecule has 3 amide bonds. The molecule has 1 atom stereocenters. The van der Waals surface area contributed by atoms with E-state index in [0.717, 1.165) is 22.6 Å². The van der Waals surface area contributed by atoms with E-state index in [2.05, 4.69) is 16.0 Å². The fourth-order valence-electron chi connectivity index (χ4n) is 2.60. The molecule has 1 unspecified atom stereocenters.